The molecule has 3 rings (SSSR count). The highest BCUT2D eigenvalue weighted by Crippen LogP contribution is 2.34. The van der Waals surface area contributed by atoms with Gasteiger partial charge in [0.1, 0.15) is 0 Å². The van der Waals surface area contributed by atoms with Crippen molar-refractivity contribution in [1.29, 1.82) is 0 Å². The van der Waals surface area contributed by atoms with Gasteiger partial charge in [0.25, 0.3) is 0 Å². The smallest absolute Gasteiger partial charge is 0.157 e. The van der Waals surface area contributed by atoms with Crippen LogP contribution in [0.5, 0.6) is 11.5 Å². The standard InChI is InChI=1S/C19H21ClO5/c20-16-3-2-12(19-9-14(22)8-15(10-21)25-19)7-13(16)5-11-1-4-17(23)18(24)6-11/h1-4,6-7,14-15,19,21-24H,5,8-10H2. The maximum atomic E-state index is 9.99. The minimum atomic E-state index is -0.510. The van der Waals surface area contributed by atoms with Gasteiger partial charge < -0.3 is 25.2 Å². The molecule has 0 aliphatic carbocycles. The van der Waals surface area contributed by atoms with Crippen LogP contribution < -0.4 is 0 Å². The molecule has 2 aromatic rings. The van der Waals surface area contributed by atoms with Crippen LogP contribution in [0.25, 0.3) is 0 Å². The zero-order valence-corrected chi connectivity index (χ0v) is 14.4. The molecule has 0 aromatic heterocycles. The number of phenols is 2. The lowest BCUT2D eigenvalue weighted by Gasteiger charge is -2.32. The van der Waals surface area contributed by atoms with E-state index < -0.39 is 6.10 Å². The highest BCUT2D eigenvalue weighted by atomic mass is 35.5. The van der Waals surface area contributed by atoms with Crippen molar-refractivity contribution in [2.24, 2.45) is 0 Å². The zero-order valence-electron chi connectivity index (χ0n) is 13.6. The molecular formula is C19H21ClO5. The van der Waals surface area contributed by atoms with E-state index in [1.54, 1.807) is 12.1 Å². The molecule has 3 atom stereocenters. The Kier molecular flexibility index (Phi) is 5.49. The molecule has 1 aliphatic heterocycles. The SMILES string of the molecule is OCC1CC(O)CC(c2ccc(Cl)c(Cc3ccc(O)c(O)c3)c2)O1. The first kappa shape index (κ1) is 18.0. The maximum Gasteiger partial charge on any atom is 0.157 e. The van der Waals surface area contributed by atoms with E-state index >= 15 is 0 Å². The van der Waals surface area contributed by atoms with Crippen molar-refractivity contribution >= 4 is 11.6 Å². The number of rotatable bonds is 4. The van der Waals surface area contributed by atoms with Crippen molar-refractivity contribution in [3.05, 3.63) is 58.1 Å². The van der Waals surface area contributed by atoms with Gasteiger partial charge in [-0.15, -0.1) is 0 Å². The van der Waals surface area contributed by atoms with Crippen molar-refractivity contribution in [3.63, 3.8) is 0 Å². The van der Waals surface area contributed by atoms with Gasteiger partial charge in [-0.2, -0.15) is 0 Å². The molecule has 3 unspecified atom stereocenters. The number of aliphatic hydroxyl groups excluding tert-OH is 2. The summed E-state index contributed by atoms with van der Waals surface area (Å²) in [6, 6.07) is 10.2. The topological polar surface area (TPSA) is 90.2 Å². The Balaban J connectivity index is 1.83. The number of hydrogen-bond acceptors (Lipinski definition) is 5. The fraction of sp³-hybridized carbons (Fsp3) is 0.368. The summed E-state index contributed by atoms with van der Waals surface area (Å²) in [5, 5.41) is 38.9. The van der Waals surface area contributed by atoms with Crippen molar-refractivity contribution in [2.45, 2.75) is 37.6 Å². The van der Waals surface area contributed by atoms with Gasteiger partial charge in [0.2, 0.25) is 0 Å². The van der Waals surface area contributed by atoms with Crippen LogP contribution in [0.1, 0.15) is 35.6 Å². The van der Waals surface area contributed by atoms with E-state index in [0.717, 1.165) is 16.7 Å². The molecule has 2 aromatic carbocycles. The van der Waals surface area contributed by atoms with Gasteiger partial charge >= 0.3 is 0 Å². The molecule has 134 valence electrons. The molecule has 0 spiro atoms. The second-order valence-corrected chi connectivity index (χ2v) is 6.81. The van der Waals surface area contributed by atoms with E-state index in [1.807, 2.05) is 12.1 Å². The van der Waals surface area contributed by atoms with Crippen LogP contribution in [0.2, 0.25) is 5.02 Å². The van der Waals surface area contributed by atoms with Crippen molar-refractivity contribution in [3.8, 4) is 11.5 Å². The third-order valence-electron chi connectivity index (χ3n) is 4.46. The van der Waals surface area contributed by atoms with Crippen LogP contribution in [0, 0.1) is 0 Å². The summed E-state index contributed by atoms with van der Waals surface area (Å²) >= 11 is 6.30. The van der Waals surface area contributed by atoms with Crippen LogP contribution >= 0.6 is 11.6 Å². The van der Waals surface area contributed by atoms with Gasteiger partial charge in [-0.25, -0.2) is 0 Å². The van der Waals surface area contributed by atoms with Crippen molar-refractivity contribution in [2.75, 3.05) is 6.61 Å². The average molecular weight is 365 g/mol. The number of halogens is 1. The summed E-state index contributed by atoms with van der Waals surface area (Å²) in [6.07, 6.45) is 0.202. The third kappa shape index (κ3) is 4.25. The summed E-state index contributed by atoms with van der Waals surface area (Å²) in [5.41, 5.74) is 2.56. The fourth-order valence-corrected chi connectivity index (χ4v) is 3.34. The van der Waals surface area contributed by atoms with E-state index in [4.69, 9.17) is 16.3 Å². The highest BCUT2D eigenvalue weighted by molar-refractivity contribution is 6.31. The Morgan fingerprint density at radius 2 is 1.84 bits per heavy atom. The molecule has 1 aliphatic rings. The lowest BCUT2D eigenvalue weighted by molar-refractivity contribution is -0.113. The van der Waals surface area contributed by atoms with E-state index in [1.165, 1.54) is 12.1 Å². The lowest BCUT2D eigenvalue weighted by Crippen LogP contribution is -2.33. The van der Waals surface area contributed by atoms with Crippen LogP contribution in [0.3, 0.4) is 0 Å². The molecule has 1 heterocycles. The predicted octanol–water partition coefficient (Wildman–Crippen LogP) is 2.92. The number of hydrogen-bond donors (Lipinski definition) is 4. The van der Waals surface area contributed by atoms with Gasteiger partial charge in [0, 0.05) is 17.9 Å². The van der Waals surface area contributed by atoms with Crippen LogP contribution in [0.4, 0.5) is 0 Å². The molecule has 6 heteroatoms. The van der Waals surface area contributed by atoms with E-state index in [0.29, 0.717) is 24.3 Å². The number of ether oxygens (including phenoxy) is 1. The maximum absolute atomic E-state index is 9.99. The second kappa shape index (κ2) is 7.62. The van der Waals surface area contributed by atoms with Gasteiger partial charge in [0.05, 0.1) is 24.9 Å². The van der Waals surface area contributed by atoms with Crippen LogP contribution in [0.15, 0.2) is 36.4 Å². The fourth-order valence-electron chi connectivity index (χ4n) is 3.15. The minimum Gasteiger partial charge on any atom is -0.504 e. The Morgan fingerprint density at radius 3 is 2.56 bits per heavy atom. The normalized spacial score (nSPS) is 23.6. The Bertz CT molecular complexity index is 749. The summed E-state index contributed by atoms with van der Waals surface area (Å²) in [5.74, 6) is -0.336. The van der Waals surface area contributed by atoms with Gasteiger partial charge in [0.15, 0.2) is 11.5 Å². The second-order valence-electron chi connectivity index (χ2n) is 6.41. The number of aromatic hydroxyl groups is 2. The average Bonchev–Trinajstić information content (AvgIpc) is 2.59. The Hall–Kier alpha value is -1.79. The third-order valence-corrected chi connectivity index (χ3v) is 4.83. The minimum absolute atomic E-state index is 0.124. The number of aliphatic hydroxyl groups is 2. The molecule has 0 radical (unpaired) electrons. The first-order chi connectivity index (χ1) is 12.0. The molecule has 0 amide bonds. The van der Waals surface area contributed by atoms with E-state index in [-0.39, 0.29) is 30.3 Å². The van der Waals surface area contributed by atoms with E-state index in [9.17, 15) is 20.4 Å². The van der Waals surface area contributed by atoms with E-state index in [2.05, 4.69) is 0 Å². The monoisotopic (exact) mass is 364 g/mol. The molecule has 25 heavy (non-hydrogen) atoms. The summed E-state index contributed by atoms with van der Waals surface area (Å²) in [6.45, 7) is -0.124. The highest BCUT2D eigenvalue weighted by Gasteiger charge is 2.29. The van der Waals surface area contributed by atoms with Crippen molar-refractivity contribution < 1.29 is 25.2 Å². The van der Waals surface area contributed by atoms with Gasteiger partial charge in [-0.05, 0) is 41.3 Å². The van der Waals surface area contributed by atoms with Gasteiger partial charge in [-0.1, -0.05) is 29.8 Å². The summed E-state index contributed by atoms with van der Waals surface area (Å²) < 4.78 is 5.85. The number of phenolic OH excluding ortho intramolecular Hbond substituents is 2. The Labute approximate surface area is 151 Å². The molecule has 0 saturated carbocycles. The predicted molar refractivity (Wildman–Crippen MR) is 94.0 cm³/mol. The molecule has 4 N–H and O–H groups in total. The summed E-state index contributed by atoms with van der Waals surface area (Å²) in [7, 11) is 0. The summed E-state index contributed by atoms with van der Waals surface area (Å²) in [4.78, 5) is 0. The first-order valence-electron chi connectivity index (χ1n) is 8.20. The quantitative estimate of drug-likeness (QED) is 0.626. The van der Waals surface area contributed by atoms with Crippen LogP contribution in [-0.4, -0.2) is 39.2 Å². The molecule has 5 nitrogen and oxygen atoms in total. The molecule has 1 fully saturated rings. The van der Waals surface area contributed by atoms with Gasteiger partial charge in [-0.3, -0.25) is 0 Å². The molecular weight excluding hydrogens is 344 g/mol. The van der Waals surface area contributed by atoms with Crippen LogP contribution in [-0.2, 0) is 11.2 Å². The number of benzene rings is 2. The lowest BCUT2D eigenvalue weighted by atomic mass is 9.94. The molecule has 0 bridgehead atoms. The Morgan fingerprint density at radius 1 is 1.04 bits per heavy atom. The zero-order chi connectivity index (χ0) is 18.0. The largest absolute Gasteiger partial charge is 0.504 e. The molecule has 1 saturated heterocycles. The first-order valence-corrected chi connectivity index (χ1v) is 8.57. The van der Waals surface area contributed by atoms with Crippen molar-refractivity contribution in [1.82, 2.24) is 0 Å².